The molecule has 4 heteroatoms. The number of ether oxygens (including phenoxy) is 1. The molecule has 0 amide bonds. The minimum absolute atomic E-state index is 0. The van der Waals surface area contributed by atoms with Crippen molar-refractivity contribution < 1.29 is 9.84 Å². The zero-order valence-corrected chi connectivity index (χ0v) is 6.97. The van der Waals surface area contributed by atoms with Gasteiger partial charge in [0.05, 0.1) is 6.61 Å². The summed E-state index contributed by atoms with van der Waals surface area (Å²) in [5, 5.41) is 9.05. The van der Waals surface area contributed by atoms with Crippen molar-refractivity contribution in [1.82, 2.24) is 4.98 Å². The monoisotopic (exact) mass is 175 g/mol. The lowest BCUT2D eigenvalue weighted by Crippen LogP contribution is -1.93. The van der Waals surface area contributed by atoms with Crippen molar-refractivity contribution in [2.75, 3.05) is 6.61 Å². The molecule has 0 aliphatic carbocycles. The van der Waals surface area contributed by atoms with Gasteiger partial charge < -0.3 is 9.84 Å². The Kier molecular flexibility index (Phi) is 4.38. The third kappa shape index (κ3) is 2.63. The molecule has 11 heavy (non-hydrogen) atoms. The van der Waals surface area contributed by atoms with E-state index in [1.807, 2.05) is 6.92 Å². The summed E-state index contributed by atoms with van der Waals surface area (Å²) in [6.45, 7) is 2.36. The van der Waals surface area contributed by atoms with Gasteiger partial charge in [-0.2, -0.15) is 0 Å². The third-order valence-corrected chi connectivity index (χ3v) is 1.03. The summed E-state index contributed by atoms with van der Waals surface area (Å²) in [4.78, 5) is 3.80. The molecule has 1 aromatic rings. The molecule has 0 radical (unpaired) electrons. The highest BCUT2D eigenvalue weighted by Gasteiger charge is 1.98. The smallest absolute Gasteiger partial charge is 0.256 e. The minimum atomic E-state index is 0. The number of aromatic hydroxyl groups is 1. The van der Waals surface area contributed by atoms with Crippen LogP contribution in [0.4, 0.5) is 0 Å². The van der Waals surface area contributed by atoms with Gasteiger partial charge >= 0.3 is 0 Å². The molecule has 3 nitrogen and oxygen atoms in total. The molecular formula is C7H10ClNO2. The predicted octanol–water partition coefficient (Wildman–Crippen LogP) is 1.61. The van der Waals surface area contributed by atoms with Crippen LogP contribution in [-0.4, -0.2) is 16.7 Å². The molecule has 0 unspecified atom stereocenters. The second kappa shape index (κ2) is 4.79. The lowest BCUT2D eigenvalue weighted by atomic mass is 10.4. The van der Waals surface area contributed by atoms with Gasteiger partial charge in [0.25, 0.3) is 5.88 Å². The summed E-state index contributed by atoms with van der Waals surface area (Å²) in [6, 6.07) is 3.19. The van der Waals surface area contributed by atoms with E-state index in [2.05, 4.69) is 4.98 Å². The van der Waals surface area contributed by atoms with Gasteiger partial charge in [-0.1, -0.05) is 0 Å². The van der Waals surface area contributed by atoms with Gasteiger partial charge in [0, 0.05) is 6.20 Å². The fourth-order valence-electron chi connectivity index (χ4n) is 0.630. The van der Waals surface area contributed by atoms with Crippen molar-refractivity contribution in [3.05, 3.63) is 18.3 Å². The Bertz CT molecular complexity index is 217. The minimum Gasteiger partial charge on any atom is -0.503 e. The van der Waals surface area contributed by atoms with Crippen LogP contribution in [0.2, 0.25) is 0 Å². The molecule has 0 aromatic carbocycles. The van der Waals surface area contributed by atoms with Crippen LogP contribution in [0.5, 0.6) is 11.6 Å². The van der Waals surface area contributed by atoms with Gasteiger partial charge in [-0.05, 0) is 19.1 Å². The Labute approximate surface area is 71.4 Å². The van der Waals surface area contributed by atoms with Gasteiger partial charge in [-0.3, -0.25) is 0 Å². The summed E-state index contributed by atoms with van der Waals surface area (Å²) in [6.07, 6.45) is 1.57. The van der Waals surface area contributed by atoms with Crippen molar-refractivity contribution in [3.63, 3.8) is 0 Å². The predicted molar refractivity (Wildman–Crippen MR) is 44.3 cm³/mol. The summed E-state index contributed by atoms with van der Waals surface area (Å²) in [7, 11) is 0. The molecule has 0 aliphatic heterocycles. The van der Waals surface area contributed by atoms with Crippen molar-refractivity contribution in [2.45, 2.75) is 6.92 Å². The normalized spacial score (nSPS) is 8.45. The molecule has 1 heterocycles. The largest absolute Gasteiger partial charge is 0.503 e. The van der Waals surface area contributed by atoms with Crippen molar-refractivity contribution in [3.8, 4) is 11.6 Å². The summed E-state index contributed by atoms with van der Waals surface area (Å²) < 4.78 is 4.98. The standard InChI is InChI=1S/C7H9NO2.ClH/c1-2-10-7-6(9)4-3-5-8-7;/h3-5,9H,2H2,1H3;1H. The van der Waals surface area contributed by atoms with E-state index < -0.39 is 0 Å². The average Bonchev–Trinajstić information content (AvgIpc) is 1.94. The molecule has 1 rings (SSSR count). The van der Waals surface area contributed by atoms with Gasteiger partial charge in [-0.15, -0.1) is 12.4 Å². The van der Waals surface area contributed by atoms with Crippen LogP contribution in [0.3, 0.4) is 0 Å². The Balaban J connectivity index is 0.000001000. The number of nitrogens with zero attached hydrogens (tertiary/aromatic N) is 1. The highest BCUT2D eigenvalue weighted by atomic mass is 35.5. The second-order valence-electron chi connectivity index (χ2n) is 1.76. The summed E-state index contributed by atoms with van der Waals surface area (Å²) >= 11 is 0. The molecular weight excluding hydrogens is 166 g/mol. The fraction of sp³-hybridized carbons (Fsp3) is 0.286. The fourth-order valence-corrected chi connectivity index (χ4v) is 0.630. The van der Waals surface area contributed by atoms with E-state index in [4.69, 9.17) is 9.84 Å². The lowest BCUT2D eigenvalue weighted by molar-refractivity contribution is 0.305. The van der Waals surface area contributed by atoms with Crippen LogP contribution in [0.25, 0.3) is 0 Å². The Morgan fingerprint density at radius 2 is 2.36 bits per heavy atom. The molecule has 0 atom stereocenters. The van der Waals surface area contributed by atoms with Crippen molar-refractivity contribution in [2.24, 2.45) is 0 Å². The van der Waals surface area contributed by atoms with Crippen molar-refractivity contribution >= 4 is 12.4 Å². The quantitative estimate of drug-likeness (QED) is 0.743. The highest BCUT2D eigenvalue weighted by Crippen LogP contribution is 2.20. The van der Waals surface area contributed by atoms with Crippen LogP contribution in [0, 0.1) is 0 Å². The Morgan fingerprint density at radius 3 is 2.91 bits per heavy atom. The summed E-state index contributed by atoms with van der Waals surface area (Å²) in [5.74, 6) is 0.384. The van der Waals surface area contributed by atoms with E-state index in [-0.39, 0.29) is 18.2 Å². The molecule has 62 valence electrons. The number of aromatic nitrogens is 1. The second-order valence-corrected chi connectivity index (χ2v) is 1.76. The van der Waals surface area contributed by atoms with E-state index in [0.29, 0.717) is 12.5 Å². The van der Waals surface area contributed by atoms with Crippen LogP contribution < -0.4 is 4.74 Å². The third-order valence-electron chi connectivity index (χ3n) is 1.03. The van der Waals surface area contributed by atoms with Gasteiger partial charge in [0.15, 0.2) is 5.75 Å². The molecule has 0 saturated carbocycles. The molecule has 0 aliphatic rings. The van der Waals surface area contributed by atoms with Gasteiger partial charge in [-0.25, -0.2) is 4.98 Å². The van der Waals surface area contributed by atoms with Crippen LogP contribution in [0.1, 0.15) is 6.92 Å². The zero-order valence-electron chi connectivity index (χ0n) is 6.15. The van der Waals surface area contributed by atoms with E-state index in [1.54, 1.807) is 12.3 Å². The van der Waals surface area contributed by atoms with E-state index in [9.17, 15) is 0 Å². The van der Waals surface area contributed by atoms with E-state index >= 15 is 0 Å². The SMILES string of the molecule is CCOc1ncccc1O.Cl. The molecule has 0 bridgehead atoms. The van der Waals surface area contributed by atoms with Crippen LogP contribution in [-0.2, 0) is 0 Å². The maximum absolute atomic E-state index is 9.05. The zero-order chi connectivity index (χ0) is 7.40. The number of hydrogen-bond donors (Lipinski definition) is 1. The molecule has 0 spiro atoms. The molecule has 0 fully saturated rings. The number of pyridine rings is 1. The Morgan fingerprint density at radius 1 is 1.64 bits per heavy atom. The Hall–Kier alpha value is -0.960. The number of halogens is 1. The van der Waals surface area contributed by atoms with Gasteiger partial charge in [0.2, 0.25) is 0 Å². The molecule has 0 saturated heterocycles. The van der Waals surface area contributed by atoms with Crippen molar-refractivity contribution in [1.29, 1.82) is 0 Å². The first kappa shape index (κ1) is 10.0. The average molecular weight is 176 g/mol. The van der Waals surface area contributed by atoms with Crippen LogP contribution >= 0.6 is 12.4 Å². The number of hydrogen-bond acceptors (Lipinski definition) is 3. The van der Waals surface area contributed by atoms with E-state index in [0.717, 1.165) is 0 Å². The van der Waals surface area contributed by atoms with E-state index in [1.165, 1.54) is 6.07 Å². The maximum Gasteiger partial charge on any atom is 0.256 e. The topological polar surface area (TPSA) is 42.4 Å². The summed E-state index contributed by atoms with van der Waals surface area (Å²) in [5.41, 5.74) is 0. The first-order valence-electron chi connectivity index (χ1n) is 3.11. The highest BCUT2D eigenvalue weighted by molar-refractivity contribution is 5.85. The number of rotatable bonds is 2. The lowest BCUT2D eigenvalue weighted by Gasteiger charge is -2.01. The maximum atomic E-state index is 9.05. The first-order valence-corrected chi connectivity index (χ1v) is 3.11. The van der Waals surface area contributed by atoms with Gasteiger partial charge in [0.1, 0.15) is 0 Å². The molecule has 1 N–H and O–H groups in total. The first-order chi connectivity index (χ1) is 4.84. The molecule has 1 aromatic heterocycles. The van der Waals surface area contributed by atoms with Crippen LogP contribution in [0.15, 0.2) is 18.3 Å².